The SMILES string of the molecule is [Cl-].[NH3+]CCCBr. The minimum Gasteiger partial charge on any atom is -1.00 e. The molecular formula is C3H9BrClN. The number of halogens is 2. The summed E-state index contributed by atoms with van der Waals surface area (Å²) in [4.78, 5) is 0. The monoisotopic (exact) mass is 173 g/mol. The van der Waals surface area contributed by atoms with Crippen molar-refractivity contribution >= 4 is 15.9 Å². The minimum atomic E-state index is 0. The smallest absolute Gasteiger partial charge is 0.0747 e. The van der Waals surface area contributed by atoms with E-state index in [4.69, 9.17) is 0 Å². The summed E-state index contributed by atoms with van der Waals surface area (Å²) in [5, 5.41) is 1.09. The standard InChI is InChI=1S/C3H8BrN.ClH/c4-2-1-3-5;/h1-3,5H2;1H. The van der Waals surface area contributed by atoms with E-state index < -0.39 is 0 Å². The van der Waals surface area contributed by atoms with Crippen molar-refractivity contribution in [3.05, 3.63) is 0 Å². The maximum Gasteiger partial charge on any atom is 0.0747 e. The first-order valence-corrected chi connectivity index (χ1v) is 2.89. The van der Waals surface area contributed by atoms with Crippen LogP contribution in [0.5, 0.6) is 0 Å². The zero-order valence-electron chi connectivity index (χ0n) is 3.58. The molecule has 0 aliphatic rings. The number of quaternary nitrogens is 1. The van der Waals surface area contributed by atoms with Crippen LogP contribution < -0.4 is 18.1 Å². The molecule has 0 bridgehead atoms. The van der Waals surface area contributed by atoms with Crippen LogP contribution in [0.2, 0.25) is 0 Å². The van der Waals surface area contributed by atoms with Gasteiger partial charge in [-0.05, 0) is 0 Å². The van der Waals surface area contributed by atoms with E-state index in [1.807, 2.05) is 0 Å². The van der Waals surface area contributed by atoms with Crippen molar-refractivity contribution < 1.29 is 18.1 Å². The van der Waals surface area contributed by atoms with E-state index in [1.54, 1.807) is 0 Å². The number of alkyl halides is 1. The Balaban J connectivity index is 0. The first kappa shape index (κ1) is 9.88. The van der Waals surface area contributed by atoms with E-state index in [0.29, 0.717) is 0 Å². The lowest BCUT2D eigenvalue weighted by Gasteiger charge is -1.75. The predicted octanol–water partition coefficient (Wildman–Crippen LogP) is -2.98. The molecule has 0 fully saturated rings. The molecule has 0 atom stereocenters. The van der Waals surface area contributed by atoms with Gasteiger partial charge in [0, 0.05) is 11.8 Å². The van der Waals surface area contributed by atoms with E-state index in [0.717, 1.165) is 11.9 Å². The highest BCUT2D eigenvalue weighted by molar-refractivity contribution is 9.09. The second kappa shape index (κ2) is 9.21. The first-order valence-electron chi connectivity index (χ1n) is 1.77. The van der Waals surface area contributed by atoms with E-state index in [1.165, 1.54) is 6.42 Å². The van der Waals surface area contributed by atoms with Gasteiger partial charge in [-0.3, -0.25) is 0 Å². The average molecular weight is 174 g/mol. The Labute approximate surface area is 52.8 Å². The van der Waals surface area contributed by atoms with Crippen molar-refractivity contribution in [2.24, 2.45) is 0 Å². The van der Waals surface area contributed by atoms with Gasteiger partial charge in [-0.2, -0.15) is 0 Å². The molecule has 0 aromatic rings. The lowest BCUT2D eigenvalue weighted by Crippen LogP contribution is -3.00. The van der Waals surface area contributed by atoms with Crippen LogP contribution in [0.4, 0.5) is 0 Å². The zero-order chi connectivity index (χ0) is 4.12. The minimum absolute atomic E-state index is 0. The molecule has 40 valence electrons. The Kier molecular flexibility index (Phi) is 15.2. The van der Waals surface area contributed by atoms with Crippen LogP contribution in [0.1, 0.15) is 6.42 Å². The normalized spacial score (nSPS) is 7.00. The fourth-order valence-electron chi connectivity index (χ4n) is 0.0945. The van der Waals surface area contributed by atoms with E-state index in [2.05, 4.69) is 21.7 Å². The molecular weight excluding hydrogens is 165 g/mol. The van der Waals surface area contributed by atoms with Crippen LogP contribution >= 0.6 is 15.9 Å². The van der Waals surface area contributed by atoms with Crippen LogP contribution in [0.3, 0.4) is 0 Å². The Morgan fingerprint density at radius 1 is 1.50 bits per heavy atom. The molecule has 0 saturated heterocycles. The van der Waals surface area contributed by atoms with Crippen molar-refractivity contribution in [3.8, 4) is 0 Å². The van der Waals surface area contributed by atoms with Crippen LogP contribution in [0.25, 0.3) is 0 Å². The van der Waals surface area contributed by atoms with Gasteiger partial charge < -0.3 is 18.1 Å². The molecule has 6 heavy (non-hydrogen) atoms. The fourth-order valence-corrected chi connectivity index (χ4v) is 0.491. The second-order valence-electron chi connectivity index (χ2n) is 0.896. The van der Waals surface area contributed by atoms with Gasteiger partial charge in [-0.1, -0.05) is 15.9 Å². The van der Waals surface area contributed by atoms with Gasteiger partial charge in [0.05, 0.1) is 6.54 Å². The largest absolute Gasteiger partial charge is 1.00 e. The molecule has 0 aliphatic carbocycles. The van der Waals surface area contributed by atoms with Crippen molar-refractivity contribution in [3.63, 3.8) is 0 Å². The van der Waals surface area contributed by atoms with Gasteiger partial charge in [-0.15, -0.1) is 0 Å². The molecule has 0 aromatic carbocycles. The Morgan fingerprint density at radius 2 is 2.00 bits per heavy atom. The van der Waals surface area contributed by atoms with Crippen LogP contribution in [-0.2, 0) is 0 Å². The summed E-state index contributed by atoms with van der Waals surface area (Å²) in [7, 11) is 0. The van der Waals surface area contributed by atoms with Gasteiger partial charge in [0.2, 0.25) is 0 Å². The summed E-state index contributed by atoms with van der Waals surface area (Å²) in [6.45, 7) is 1.05. The summed E-state index contributed by atoms with van der Waals surface area (Å²) < 4.78 is 0. The van der Waals surface area contributed by atoms with E-state index >= 15 is 0 Å². The number of rotatable bonds is 2. The summed E-state index contributed by atoms with van der Waals surface area (Å²) in [6, 6.07) is 0. The van der Waals surface area contributed by atoms with Crippen molar-refractivity contribution in [1.82, 2.24) is 0 Å². The number of hydrogen-bond donors (Lipinski definition) is 1. The number of hydrogen-bond acceptors (Lipinski definition) is 0. The average Bonchev–Trinajstić information content (AvgIpc) is 1.41. The third-order valence-electron chi connectivity index (χ3n) is 0.384. The Morgan fingerprint density at radius 3 is 2.00 bits per heavy atom. The lowest BCUT2D eigenvalue weighted by atomic mass is 10.5. The van der Waals surface area contributed by atoms with E-state index in [9.17, 15) is 0 Å². The summed E-state index contributed by atoms with van der Waals surface area (Å²) in [5.74, 6) is 0. The molecule has 0 heterocycles. The van der Waals surface area contributed by atoms with Crippen LogP contribution in [-0.4, -0.2) is 11.9 Å². The fraction of sp³-hybridized carbons (Fsp3) is 1.00. The summed E-state index contributed by atoms with van der Waals surface area (Å²) in [6.07, 6.45) is 1.19. The molecule has 0 radical (unpaired) electrons. The molecule has 0 saturated carbocycles. The van der Waals surface area contributed by atoms with Gasteiger partial charge in [0.15, 0.2) is 0 Å². The highest BCUT2D eigenvalue weighted by Gasteiger charge is 1.72. The van der Waals surface area contributed by atoms with Crippen LogP contribution in [0.15, 0.2) is 0 Å². The van der Waals surface area contributed by atoms with Crippen molar-refractivity contribution in [2.75, 3.05) is 11.9 Å². The van der Waals surface area contributed by atoms with Gasteiger partial charge in [0.1, 0.15) is 0 Å². The lowest BCUT2D eigenvalue weighted by molar-refractivity contribution is -0.367. The quantitative estimate of drug-likeness (QED) is 0.433. The van der Waals surface area contributed by atoms with Crippen molar-refractivity contribution in [1.29, 1.82) is 0 Å². The first-order chi connectivity index (χ1) is 2.41. The molecule has 0 unspecified atom stereocenters. The summed E-state index contributed by atoms with van der Waals surface area (Å²) in [5.41, 5.74) is 3.65. The maximum atomic E-state index is 3.65. The predicted molar refractivity (Wildman–Crippen MR) is 26.2 cm³/mol. The van der Waals surface area contributed by atoms with Crippen molar-refractivity contribution in [2.45, 2.75) is 6.42 Å². The molecule has 0 aromatic heterocycles. The highest BCUT2D eigenvalue weighted by Crippen LogP contribution is 1.79. The maximum absolute atomic E-state index is 3.65. The van der Waals surface area contributed by atoms with Gasteiger partial charge in [0.25, 0.3) is 0 Å². The van der Waals surface area contributed by atoms with Crippen LogP contribution in [0, 0.1) is 0 Å². The summed E-state index contributed by atoms with van der Waals surface area (Å²) >= 11 is 3.27. The molecule has 0 aliphatic heterocycles. The zero-order valence-corrected chi connectivity index (χ0v) is 5.93. The molecule has 1 nitrogen and oxygen atoms in total. The molecule has 0 rings (SSSR count). The molecule has 3 heteroatoms. The third kappa shape index (κ3) is 8.83. The topological polar surface area (TPSA) is 27.6 Å². The highest BCUT2D eigenvalue weighted by atomic mass is 79.9. The second-order valence-corrected chi connectivity index (χ2v) is 1.69. The third-order valence-corrected chi connectivity index (χ3v) is 0.944. The van der Waals surface area contributed by atoms with E-state index in [-0.39, 0.29) is 12.4 Å². The van der Waals surface area contributed by atoms with Gasteiger partial charge in [-0.25, -0.2) is 0 Å². The molecule has 0 spiro atoms. The van der Waals surface area contributed by atoms with Gasteiger partial charge >= 0.3 is 0 Å². The molecule has 3 N–H and O–H groups in total. The Bertz CT molecular complexity index is 18.3. The Hall–Kier alpha value is 0.730. The molecule has 0 amide bonds.